The first-order valence-electron chi connectivity index (χ1n) is 7.77. The monoisotopic (exact) mass is 366 g/mol. The van der Waals surface area contributed by atoms with Gasteiger partial charge in [0.25, 0.3) is 5.91 Å². The fourth-order valence-electron chi connectivity index (χ4n) is 2.24. The van der Waals surface area contributed by atoms with Crippen molar-refractivity contribution in [3.63, 3.8) is 0 Å². The number of carboxylic acid groups (broad SMARTS) is 1. The Morgan fingerprint density at radius 2 is 1.76 bits per heavy atom. The number of aliphatic carboxylic acids is 1. The maximum absolute atomic E-state index is 12.2. The molecule has 25 heavy (non-hydrogen) atoms. The summed E-state index contributed by atoms with van der Waals surface area (Å²) >= 11 is 0. The van der Waals surface area contributed by atoms with E-state index in [0.717, 1.165) is 0 Å². The van der Waals surface area contributed by atoms with Gasteiger partial charge in [-0.15, -0.1) is 6.42 Å². The van der Waals surface area contributed by atoms with Gasteiger partial charge in [-0.3, -0.25) is 9.59 Å². The Kier molecular flexibility index (Phi) is 7.15. The minimum Gasteiger partial charge on any atom is -0.481 e. The molecule has 0 bridgehead atoms. The third kappa shape index (κ3) is 5.05. The molecule has 0 unspecified atom stereocenters. The van der Waals surface area contributed by atoms with E-state index in [0.29, 0.717) is 12.8 Å². The highest BCUT2D eigenvalue weighted by atomic mass is 32.2. The first-order chi connectivity index (χ1) is 11.7. The standard InChI is InChI=1S/C17H22N2O5S/c1-4-11-19-25(23,24)14-9-7-13(8-10-14)15(20)18-12-17(5-2,6-3)16(21)22/h1,7-10,19H,5-6,11-12H2,2-3H3,(H,18,20)(H,21,22). The fraction of sp³-hybridized carbons (Fsp3) is 0.412. The van der Waals surface area contributed by atoms with Crippen LogP contribution in [-0.2, 0) is 14.8 Å². The summed E-state index contributed by atoms with van der Waals surface area (Å²) in [4.78, 5) is 23.6. The quantitative estimate of drug-likeness (QED) is 0.569. The zero-order valence-electron chi connectivity index (χ0n) is 14.2. The van der Waals surface area contributed by atoms with E-state index in [1.807, 2.05) is 0 Å². The Morgan fingerprint density at radius 3 is 2.20 bits per heavy atom. The minimum absolute atomic E-state index is 0.00204. The molecule has 0 spiro atoms. The van der Waals surface area contributed by atoms with Crippen LogP contribution in [0.15, 0.2) is 29.2 Å². The van der Waals surface area contributed by atoms with Gasteiger partial charge in [-0.1, -0.05) is 19.8 Å². The molecule has 0 aliphatic carbocycles. The highest BCUT2D eigenvalue weighted by molar-refractivity contribution is 7.89. The molecule has 1 aromatic carbocycles. The van der Waals surface area contributed by atoms with E-state index in [9.17, 15) is 23.1 Å². The summed E-state index contributed by atoms with van der Waals surface area (Å²) in [5.74, 6) is 0.748. The lowest BCUT2D eigenvalue weighted by Crippen LogP contribution is -2.42. The van der Waals surface area contributed by atoms with Crippen LogP contribution in [0.4, 0.5) is 0 Å². The second-order valence-electron chi connectivity index (χ2n) is 5.53. The largest absolute Gasteiger partial charge is 0.481 e. The zero-order valence-corrected chi connectivity index (χ0v) is 15.0. The number of sulfonamides is 1. The fourth-order valence-corrected chi connectivity index (χ4v) is 3.17. The van der Waals surface area contributed by atoms with E-state index >= 15 is 0 Å². The Hall–Kier alpha value is -2.37. The van der Waals surface area contributed by atoms with Crippen molar-refractivity contribution in [2.45, 2.75) is 31.6 Å². The Bertz CT molecular complexity index is 759. The highest BCUT2D eigenvalue weighted by Crippen LogP contribution is 2.25. The van der Waals surface area contributed by atoms with E-state index in [2.05, 4.69) is 16.0 Å². The van der Waals surface area contributed by atoms with Gasteiger partial charge in [0, 0.05) is 12.1 Å². The number of carboxylic acids is 1. The maximum Gasteiger partial charge on any atom is 0.311 e. The van der Waals surface area contributed by atoms with E-state index < -0.39 is 27.3 Å². The number of carbonyl (C=O) groups excluding carboxylic acids is 1. The van der Waals surface area contributed by atoms with Crippen LogP contribution in [-0.4, -0.2) is 38.5 Å². The molecule has 0 fully saturated rings. The molecule has 0 saturated carbocycles. The molecule has 0 atom stereocenters. The summed E-state index contributed by atoms with van der Waals surface area (Å²) in [5.41, 5.74) is -0.777. The number of carbonyl (C=O) groups is 2. The molecule has 0 heterocycles. The average molecular weight is 366 g/mol. The smallest absolute Gasteiger partial charge is 0.311 e. The van der Waals surface area contributed by atoms with Gasteiger partial charge >= 0.3 is 5.97 Å². The molecule has 0 aliphatic heterocycles. The second-order valence-corrected chi connectivity index (χ2v) is 7.30. The zero-order chi connectivity index (χ0) is 19.1. The summed E-state index contributed by atoms with van der Waals surface area (Å²) in [7, 11) is -3.72. The second kappa shape index (κ2) is 8.65. The van der Waals surface area contributed by atoms with Gasteiger partial charge in [-0.2, -0.15) is 4.72 Å². The molecule has 136 valence electrons. The molecule has 1 aromatic rings. The van der Waals surface area contributed by atoms with Gasteiger partial charge in [0.15, 0.2) is 0 Å². The predicted molar refractivity (Wildman–Crippen MR) is 93.4 cm³/mol. The van der Waals surface area contributed by atoms with Gasteiger partial charge < -0.3 is 10.4 Å². The predicted octanol–water partition coefficient (Wildman–Crippen LogP) is 1.22. The molecular weight excluding hydrogens is 344 g/mol. The first-order valence-corrected chi connectivity index (χ1v) is 9.25. The molecule has 0 saturated heterocycles. The lowest BCUT2D eigenvalue weighted by atomic mass is 9.82. The van der Waals surface area contributed by atoms with E-state index in [1.165, 1.54) is 24.3 Å². The topological polar surface area (TPSA) is 113 Å². The van der Waals surface area contributed by atoms with Crippen molar-refractivity contribution in [1.29, 1.82) is 0 Å². The molecule has 0 aromatic heterocycles. The van der Waals surface area contributed by atoms with Gasteiger partial charge in [0.2, 0.25) is 10.0 Å². The molecule has 1 rings (SSSR count). The number of hydrogen-bond donors (Lipinski definition) is 3. The van der Waals surface area contributed by atoms with Gasteiger partial charge in [-0.05, 0) is 37.1 Å². The van der Waals surface area contributed by atoms with Gasteiger partial charge in [0.1, 0.15) is 0 Å². The van der Waals surface area contributed by atoms with E-state index in [1.54, 1.807) is 13.8 Å². The molecule has 0 radical (unpaired) electrons. The van der Waals surface area contributed by atoms with Crippen LogP contribution < -0.4 is 10.0 Å². The van der Waals surface area contributed by atoms with Crippen LogP contribution in [0.2, 0.25) is 0 Å². The lowest BCUT2D eigenvalue weighted by Gasteiger charge is -2.26. The minimum atomic E-state index is -3.72. The van der Waals surface area contributed by atoms with Crippen LogP contribution in [0.25, 0.3) is 0 Å². The van der Waals surface area contributed by atoms with Crippen molar-refractivity contribution in [3.05, 3.63) is 29.8 Å². The molecule has 3 N–H and O–H groups in total. The molecule has 7 nitrogen and oxygen atoms in total. The third-order valence-electron chi connectivity index (χ3n) is 4.19. The molecule has 0 aliphatic rings. The summed E-state index contributed by atoms with van der Waals surface area (Å²) < 4.78 is 26.0. The lowest BCUT2D eigenvalue weighted by molar-refractivity contribution is -0.149. The third-order valence-corrected chi connectivity index (χ3v) is 5.60. The number of nitrogens with one attached hydrogen (secondary N) is 2. The Labute approximate surface area is 147 Å². The Balaban J connectivity index is 2.85. The molecule has 1 amide bonds. The van der Waals surface area contributed by atoms with Crippen molar-refractivity contribution in [3.8, 4) is 12.3 Å². The van der Waals surface area contributed by atoms with Crippen LogP contribution in [0, 0.1) is 17.8 Å². The number of benzene rings is 1. The van der Waals surface area contributed by atoms with Crippen LogP contribution >= 0.6 is 0 Å². The highest BCUT2D eigenvalue weighted by Gasteiger charge is 2.35. The Morgan fingerprint density at radius 1 is 1.20 bits per heavy atom. The first kappa shape index (κ1) is 20.7. The number of rotatable bonds is 9. The van der Waals surface area contributed by atoms with Crippen molar-refractivity contribution < 1.29 is 23.1 Å². The van der Waals surface area contributed by atoms with Crippen molar-refractivity contribution >= 4 is 21.9 Å². The van der Waals surface area contributed by atoms with Crippen LogP contribution in [0.5, 0.6) is 0 Å². The summed E-state index contributed by atoms with van der Waals surface area (Å²) in [5, 5.41) is 12.0. The van der Waals surface area contributed by atoms with Gasteiger partial charge in [-0.25, -0.2) is 8.42 Å². The summed E-state index contributed by atoms with van der Waals surface area (Å²) in [6, 6.07) is 5.30. The molecular formula is C17H22N2O5S. The van der Waals surface area contributed by atoms with Crippen LogP contribution in [0.3, 0.4) is 0 Å². The molecule has 8 heteroatoms. The van der Waals surface area contributed by atoms with Crippen LogP contribution in [0.1, 0.15) is 37.0 Å². The average Bonchev–Trinajstić information content (AvgIpc) is 2.61. The van der Waals surface area contributed by atoms with E-state index in [-0.39, 0.29) is 23.5 Å². The van der Waals surface area contributed by atoms with Crippen molar-refractivity contribution in [2.24, 2.45) is 5.41 Å². The van der Waals surface area contributed by atoms with Gasteiger partial charge in [0.05, 0.1) is 16.9 Å². The summed E-state index contributed by atoms with van der Waals surface area (Å²) in [6.45, 7) is 3.38. The number of amides is 1. The normalized spacial score (nSPS) is 11.6. The number of terminal acetylenes is 1. The SMILES string of the molecule is C#CCNS(=O)(=O)c1ccc(C(=O)NCC(CC)(CC)C(=O)O)cc1. The van der Waals surface area contributed by atoms with Crippen molar-refractivity contribution in [2.75, 3.05) is 13.1 Å². The van der Waals surface area contributed by atoms with Crippen molar-refractivity contribution in [1.82, 2.24) is 10.0 Å². The number of hydrogen-bond acceptors (Lipinski definition) is 4. The summed E-state index contributed by atoms with van der Waals surface area (Å²) in [6.07, 6.45) is 5.79. The van der Waals surface area contributed by atoms with E-state index in [4.69, 9.17) is 6.42 Å². The maximum atomic E-state index is 12.2.